The van der Waals surface area contributed by atoms with Gasteiger partial charge in [0, 0.05) is 13.0 Å². The van der Waals surface area contributed by atoms with Gasteiger partial charge in [-0.1, -0.05) is 6.92 Å². The number of carbonyl (C=O) groups is 1. The van der Waals surface area contributed by atoms with E-state index in [1.165, 1.54) is 7.11 Å². The Morgan fingerprint density at radius 2 is 2.23 bits per heavy atom. The predicted octanol–water partition coefficient (Wildman–Crippen LogP) is -0.720. The summed E-state index contributed by atoms with van der Waals surface area (Å²) in [7, 11) is 1.48. The van der Waals surface area contributed by atoms with Crippen LogP contribution in [0, 0.1) is 5.92 Å². The zero-order chi connectivity index (χ0) is 9.59. The second-order valence-electron chi connectivity index (χ2n) is 3.41. The Hall–Kier alpha value is -0.650. The van der Waals surface area contributed by atoms with Crippen LogP contribution in [0.5, 0.6) is 0 Å². The summed E-state index contributed by atoms with van der Waals surface area (Å²) in [6, 6.07) is 0. The van der Waals surface area contributed by atoms with E-state index < -0.39 is 30.6 Å². The number of hydrogen-bond donors (Lipinski definition) is 1. The van der Waals surface area contributed by atoms with Crippen molar-refractivity contribution in [2.45, 2.75) is 31.5 Å². The Morgan fingerprint density at radius 1 is 1.54 bits per heavy atom. The minimum atomic E-state index is -0.693. The van der Waals surface area contributed by atoms with Gasteiger partial charge in [0.25, 0.3) is 0 Å². The molecule has 0 bridgehead atoms. The van der Waals surface area contributed by atoms with E-state index in [1.807, 2.05) is 0 Å². The summed E-state index contributed by atoms with van der Waals surface area (Å²) < 4.78 is 15.0. The molecule has 2 heterocycles. The average molecular weight is 188 g/mol. The number of hydrogen-bond acceptors (Lipinski definition) is 5. The smallest absolute Gasteiger partial charge is 0.339 e. The molecule has 1 N–H and O–H groups in total. The summed E-state index contributed by atoms with van der Waals surface area (Å²) in [4.78, 5) is 10.9. The Morgan fingerprint density at radius 3 is 2.77 bits per heavy atom. The maximum Gasteiger partial charge on any atom is 0.339 e. The van der Waals surface area contributed by atoms with Crippen molar-refractivity contribution >= 4 is 5.97 Å². The minimum absolute atomic E-state index is 0.181. The lowest BCUT2D eigenvalue weighted by Crippen LogP contribution is -2.65. The molecule has 0 amide bonds. The average Bonchev–Trinajstić information content (AvgIpc) is 2.12. The van der Waals surface area contributed by atoms with Gasteiger partial charge in [-0.3, -0.25) is 0 Å². The zero-order valence-electron chi connectivity index (χ0n) is 7.47. The third-order valence-electron chi connectivity index (χ3n) is 2.60. The van der Waals surface area contributed by atoms with Crippen LogP contribution in [0.15, 0.2) is 0 Å². The zero-order valence-corrected chi connectivity index (χ0v) is 7.47. The van der Waals surface area contributed by atoms with Crippen molar-refractivity contribution < 1.29 is 24.1 Å². The lowest BCUT2D eigenvalue weighted by molar-refractivity contribution is -0.307. The van der Waals surface area contributed by atoms with E-state index in [0.717, 1.165) is 0 Å². The maximum atomic E-state index is 10.9. The van der Waals surface area contributed by atoms with Crippen LogP contribution in [-0.2, 0) is 19.0 Å². The molecule has 74 valence electrons. The van der Waals surface area contributed by atoms with Crippen LogP contribution in [0.1, 0.15) is 6.92 Å². The molecule has 13 heavy (non-hydrogen) atoms. The van der Waals surface area contributed by atoms with Gasteiger partial charge in [-0.05, 0) is 0 Å². The van der Waals surface area contributed by atoms with Gasteiger partial charge in [-0.15, -0.1) is 0 Å². The molecule has 0 aromatic heterocycles. The molecule has 2 aliphatic heterocycles. The summed E-state index contributed by atoms with van der Waals surface area (Å²) in [5.74, 6) is -0.600. The molecule has 0 spiro atoms. The van der Waals surface area contributed by atoms with Crippen LogP contribution in [0.4, 0.5) is 0 Å². The quantitative estimate of drug-likeness (QED) is 0.550. The fraction of sp³-hybridized carbons (Fsp3) is 0.875. The normalized spacial score (nSPS) is 49.2. The summed E-state index contributed by atoms with van der Waals surface area (Å²) >= 11 is 0. The van der Waals surface area contributed by atoms with E-state index in [4.69, 9.17) is 14.2 Å². The van der Waals surface area contributed by atoms with E-state index in [-0.39, 0.29) is 5.92 Å². The second-order valence-corrected chi connectivity index (χ2v) is 3.41. The van der Waals surface area contributed by atoms with Crippen molar-refractivity contribution in [3.8, 4) is 0 Å². The number of esters is 1. The molecule has 2 rings (SSSR count). The highest BCUT2D eigenvalue weighted by molar-refractivity contribution is 5.81. The molecule has 0 aliphatic carbocycles. The van der Waals surface area contributed by atoms with Crippen molar-refractivity contribution in [3.63, 3.8) is 0 Å². The summed E-state index contributed by atoms with van der Waals surface area (Å²) in [5.41, 5.74) is 0. The number of methoxy groups -OCH3 is 1. The van der Waals surface area contributed by atoms with Crippen LogP contribution in [0.25, 0.3) is 0 Å². The summed E-state index contributed by atoms with van der Waals surface area (Å²) in [6.07, 6.45) is -2.37. The highest BCUT2D eigenvalue weighted by Gasteiger charge is 2.55. The molecule has 2 saturated heterocycles. The molecule has 0 aromatic rings. The van der Waals surface area contributed by atoms with Gasteiger partial charge in [0.2, 0.25) is 0 Å². The van der Waals surface area contributed by atoms with Crippen LogP contribution in [0.2, 0.25) is 0 Å². The van der Waals surface area contributed by atoms with Crippen molar-refractivity contribution in [1.82, 2.24) is 0 Å². The van der Waals surface area contributed by atoms with Crippen molar-refractivity contribution in [3.05, 3.63) is 0 Å². The van der Waals surface area contributed by atoms with Gasteiger partial charge >= 0.3 is 5.97 Å². The number of aliphatic hydroxyl groups excluding tert-OH is 1. The molecule has 5 nitrogen and oxygen atoms in total. The molecular weight excluding hydrogens is 176 g/mol. The van der Waals surface area contributed by atoms with Crippen molar-refractivity contribution in [1.29, 1.82) is 0 Å². The SMILES string of the molecule is COC1OC2C(=O)OC2C(O)C1C. The number of rotatable bonds is 1. The fourth-order valence-electron chi connectivity index (χ4n) is 1.71. The first-order valence-corrected chi connectivity index (χ1v) is 4.22. The molecule has 2 aliphatic rings. The number of ether oxygens (including phenoxy) is 3. The third kappa shape index (κ3) is 1.15. The van der Waals surface area contributed by atoms with Crippen LogP contribution in [-0.4, -0.2) is 42.8 Å². The Balaban J connectivity index is 2.10. The van der Waals surface area contributed by atoms with E-state index >= 15 is 0 Å². The fourth-order valence-corrected chi connectivity index (χ4v) is 1.71. The monoisotopic (exact) mass is 188 g/mol. The predicted molar refractivity (Wildman–Crippen MR) is 40.7 cm³/mol. The third-order valence-corrected chi connectivity index (χ3v) is 2.60. The standard InChI is InChI=1S/C8H12O5/c1-3-4(9)5-6(7(10)12-5)13-8(3)11-2/h3-6,8-9H,1-2H3. The van der Waals surface area contributed by atoms with Gasteiger partial charge in [0.15, 0.2) is 18.5 Å². The highest BCUT2D eigenvalue weighted by Crippen LogP contribution is 2.34. The van der Waals surface area contributed by atoms with Gasteiger partial charge in [-0.2, -0.15) is 0 Å². The Bertz CT molecular complexity index is 227. The molecule has 5 atom stereocenters. The van der Waals surface area contributed by atoms with E-state index in [0.29, 0.717) is 0 Å². The first-order chi connectivity index (χ1) is 6.15. The first-order valence-electron chi connectivity index (χ1n) is 4.22. The molecule has 0 saturated carbocycles. The molecule has 2 fully saturated rings. The maximum absolute atomic E-state index is 10.9. The largest absolute Gasteiger partial charge is 0.454 e. The van der Waals surface area contributed by atoms with Crippen molar-refractivity contribution in [2.24, 2.45) is 5.92 Å². The molecular formula is C8H12O5. The lowest BCUT2D eigenvalue weighted by atomic mass is 9.89. The molecule has 0 radical (unpaired) electrons. The Labute approximate surface area is 75.6 Å². The van der Waals surface area contributed by atoms with Crippen LogP contribution < -0.4 is 0 Å². The van der Waals surface area contributed by atoms with Crippen LogP contribution in [0.3, 0.4) is 0 Å². The topological polar surface area (TPSA) is 65.0 Å². The van der Waals surface area contributed by atoms with E-state index in [2.05, 4.69) is 0 Å². The minimum Gasteiger partial charge on any atom is -0.454 e. The summed E-state index contributed by atoms with van der Waals surface area (Å²) in [6.45, 7) is 1.79. The number of aliphatic hydroxyl groups is 1. The van der Waals surface area contributed by atoms with E-state index in [1.54, 1.807) is 6.92 Å². The Kier molecular flexibility index (Phi) is 2.02. The van der Waals surface area contributed by atoms with Gasteiger partial charge in [0.05, 0.1) is 0 Å². The highest BCUT2D eigenvalue weighted by atomic mass is 16.7. The second kappa shape index (κ2) is 2.94. The van der Waals surface area contributed by atoms with Gasteiger partial charge in [-0.25, -0.2) is 4.79 Å². The van der Waals surface area contributed by atoms with Gasteiger partial charge < -0.3 is 19.3 Å². The molecule has 5 heteroatoms. The lowest BCUT2D eigenvalue weighted by Gasteiger charge is -2.46. The first kappa shape index (κ1) is 8.93. The summed E-state index contributed by atoms with van der Waals surface area (Å²) in [5, 5.41) is 9.65. The molecule has 0 aromatic carbocycles. The van der Waals surface area contributed by atoms with Gasteiger partial charge in [0.1, 0.15) is 6.10 Å². The van der Waals surface area contributed by atoms with Crippen molar-refractivity contribution in [2.75, 3.05) is 7.11 Å². The number of fused-ring (bicyclic) bond motifs is 1. The number of carbonyl (C=O) groups excluding carboxylic acids is 1. The van der Waals surface area contributed by atoms with E-state index in [9.17, 15) is 9.90 Å². The van der Waals surface area contributed by atoms with Crippen LogP contribution >= 0.6 is 0 Å². The molecule has 5 unspecified atom stereocenters.